The van der Waals surface area contributed by atoms with Gasteiger partial charge in [0.25, 0.3) is 0 Å². The number of carboxylic acids is 1. The van der Waals surface area contributed by atoms with Crippen molar-refractivity contribution in [2.45, 2.75) is 74.8 Å². The summed E-state index contributed by atoms with van der Waals surface area (Å²) in [5, 5.41) is 23.9. The summed E-state index contributed by atoms with van der Waals surface area (Å²) in [6.45, 7) is 4.77. The van der Waals surface area contributed by atoms with Gasteiger partial charge in [-0.1, -0.05) is 19.9 Å². The van der Waals surface area contributed by atoms with Crippen LogP contribution in [0.1, 0.15) is 44.2 Å². The Morgan fingerprint density at radius 2 is 2.13 bits per heavy atom. The first-order valence-electron chi connectivity index (χ1n) is 11.0. The smallest absolute Gasteiger partial charge is 0.320 e. The number of likely N-dealkylation sites (N-methyl/N-ethyl adjacent to an activating group) is 1. The maximum Gasteiger partial charge on any atom is 0.320 e. The second-order valence-corrected chi connectivity index (χ2v) is 9.87. The van der Waals surface area contributed by atoms with Gasteiger partial charge in [-0.15, -0.1) is 0 Å². The third-order valence-corrected chi connectivity index (χ3v) is 8.38. The van der Waals surface area contributed by atoms with E-state index in [1.54, 1.807) is 13.2 Å². The van der Waals surface area contributed by atoms with Crippen molar-refractivity contribution < 1.29 is 24.5 Å². The molecular formula is C23H32N2O5. The molecule has 7 heteroatoms. The van der Waals surface area contributed by atoms with Crippen LogP contribution in [-0.4, -0.2) is 71.6 Å². The van der Waals surface area contributed by atoms with Crippen molar-refractivity contribution >= 4 is 5.97 Å². The van der Waals surface area contributed by atoms with Crippen molar-refractivity contribution in [3.63, 3.8) is 0 Å². The highest BCUT2D eigenvalue weighted by Gasteiger charge is 2.73. The summed E-state index contributed by atoms with van der Waals surface area (Å²) in [5.41, 5.74) is 1.51. The van der Waals surface area contributed by atoms with E-state index in [-0.39, 0.29) is 29.9 Å². The molecule has 2 heterocycles. The minimum Gasteiger partial charge on any atom is -0.504 e. The Morgan fingerprint density at radius 1 is 1.37 bits per heavy atom. The molecule has 7 nitrogen and oxygen atoms in total. The van der Waals surface area contributed by atoms with Crippen molar-refractivity contribution in [3.05, 3.63) is 23.3 Å². The van der Waals surface area contributed by atoms with E-state index in [4.69, 9.17) is 9.47 Å². The summed E-state index contributed by atoms with van der Waals surface area (Å²) in [5.74, 6) is -0.141. The molecule has 30 heavy (non-hydrogen) atoms. The van der Waals surface area contributed by atoms with E-state index in [1.165, 1.54) is 5.56 Å². The second-order valence-electron chi connectivity index (χ2n) is 9.87. The van der Waals surface area contributed by atoms with Crippen LogP contribution < -0.4 is 10.1 Å². The van der Waals surface area contributed by atoms with Gasteiger partial charge < -0.3 is 24.6 Å². The van der Waals surface area contributed by atoms with Gasteiger partial charge in [0, 0.05) is 24.8 Å². The summed E-state index contributed by atoms with van der Waals surface area (Å²) in [4.78, 5) is 14.3. The largest absolute Gasteiger partial charge is 0.504 e. The van der Waals surface area contributed by atoms with Crippen LogP contribution in [0.4, 0.5) is 0 Å². The predicted octanol–water partition coefficient (Wildman–Crippen LogP) is 1.90. The maximum atomic E-state index is 11.9. The van der Waals surface area contributed by atoms with Crippen molar-refractivity contribution in [1.29, 1.82) is 0 Å². The van der Waals surface area contributed by atoms with Gasteiger partial charge >= 0.3 is 5.97 Å². The van der Waals surface area contributed by atoms with E-state index in [9.17, 15) is 15.0 Å². The normalized spacial score (nSPS) is 37.6. The Kier molecular flexibility index (Phi) is 4.41. The summed E-state index contributed by atoms with van der Waals surface area (Å²) in [7, 11) is 3.97. The standard InChI is InChI=1S/C23H32N2O5/c1-12(2)18(21(27)28)24-14-7-8-23(29-4)16-11-13-5-6-15(26)19-17(13)22(23,20(14)30-19)9-10-25(16)3/h5-6,12,14,16,18,20,24,26H,7-11H2,1-4H3,(H,27,28)/t14-,16?,18?,20+,22+,23-/m1/s1. The Bertz CT molecular complexity index is 889. The van der Waals surface area contributed by atoms with Crippen LogP contribution in [0.2, 0.25) is 0 Å². The quantitative estimate of drug-likeness (QED) is 0.675. The number of hydrogen-bond acceptors (Lipinski definition) is 6. The lowest BCUT2D eigenvalue weighted by Crippen LogP contribution is -2.78. The van der Waals surface area contributed by atoms with Crippen LogP contribution in [0.3, 0.4) is 0 Å². The molecule has 1 saturated heterocycles. The molecule has 2 aliphatic carbocycles. The molecule has 0 aromatic heterocycles. The number of carbonyl (C=O) groups is 1. The molecule has 1 aromatic rings. The van der Waals surface area contributed by atoms with Crippen LogP contribution in [0.25, 0.3) is 0 Å². The first kappa shape index (κ1) is 20.1. The Labute approximate surface area is 177 Å². The highest BCUT2D eigenvalue weighted by molar-refractivity contribution is 5.74. The Morgan fingerprint density at radius 3 is 2.80 bits per heavy atom. The number of phenols is 1. The Hall–Kier alpha value is -1.83. The van der Waals surface area contributed by atoms with Crippen molar-refractivity contribution in [3.8, 4) is 11.5 Å². The average molecular weight is 417 g/mol. The minimum atomic E-state index is -0.838. The molecule has 0 amide bonds. The topological polar surface area (TPSA) is 91.3 Å². The van der Waals surface area contributed by atoms with Gasteiger partial charge in [-0.2, -0.15) is 0 Å². The molecule has 2 aliphatic heterocycles. The number of nitrogens with zero attached hydrogens (tertiary/aromatic N) is 1. The van der Waals surface area contributed by atoms with E-state index in [0.717, 1.165) is 37.8 Å². The van der Waals surface area contributed by atoms with Crippen LogP contribution in [0.5, 0.6) is 11.5 Å². The average Bonchev–Trinajstić information content (AvgIpc) is 3.06. The van der Waals surface area contributed by atoms with Gasteiger partial charge in [-0.05, 0) is 56.8 Å². The van der Waals surface area contributed by atoms with Crippen molar-refractivity contribution in [2.24, 2.45) is 5.92 Å². The zero-order valence-electron chi connectivity index (χ0n) is 18.1. The number of aromatic hydroxyl groups is 1. The van der Waals surface area contributed by atoms with Gasteiger partial charge in [0.05, 0.1) is 11.0 Å². The molecular weight excluding hydrogens is 384 g/mol. The molecule has 5 rings (SSSR count). The predicted molar refractivity (Wildman–Crippen MR) is 111 cm³/mol. The molecule has 0 radical (unpaired) electrons. The molecule has 1 spiro atoms. The lowest BCUT2D eigenvalue weighted by atomic mass is 9.48. The fraction of sp³-hybridized carbons (Fsp3) is 0.696. The van der Waals surface area contributed by atoms with Crippen molar-refractivity contribution in [1.82, 2.24) is 10.2 Å². The molecule has 6 atom stereocenters. The first-order chi connectivity index (χ1) is 14.3. The molecule has 2 fully saturated rings. The molecule has 1 saturated carbocycles. The number of aliphatic carboxylic acids is 1. The summed E-state index contributed by atoms with van der Waals surface area (Å²) in [6, 6.07) is 3.21. The molecule has 1 aromatic carbocycles. The number of likely N-dealkylation sites (tertiary alicyclic amines) is 1. The monoisotopic (exact) mass is 416 g/mol. The van der Waals surface area contributed by atoms with Gasteiger partial charge in [0.15, 0.2) is 11.5 Å². The zero-order chi connectivity index (χ0) is 21.4. The Balaban J connectivity index is 1.67. The van der Waals surface area contributed by atoms with E-state index < -0.39 is 23.0 Å². The third-order valence-electron chi connectivity index (χ3n) is 8.38. The fourth-order valence-electron chi connectivity index (χ4n) is 7.09. The number of ether oxygens (including phenoxy) is 2. The number of piperidine rings is 1. The van der Waals surface area contributed by atoms with E-state index in [2.05, 4.69) is 17.3 Å². The van der Waals surface area contributed by atoms with E-state index in [1.807, 2.05) is 19.9 Å². The highest BCUT2D eigenvalue weighted by Crippen LogP contribution is 2.66. The molecule has 164 valence electrons. The highest BCUT2D eigenvalue weighted by atomic mass is 16.5. The second kappa shape index (κ2) is 6.58. The third kappa shape index (κ3) is 2.29. The number of nitrogens with one attached hydrogen (secondary N) is 1. The van der Waals surface area contributed by atoms with E-state index >= 15 is 0 Å². The first-order valence-corrected chi connectivity index (χ1v) is 11.0. The van der Waals surface area contributed by atoms with Gasteiger partial charge in [0.1, 0.15) is 12.1 Å². The number of hydrogen-bond donors (Lipinski definition) is 3. The molecule has 4 aliphatic rings. The number of rotatable bonds is 5. The number of benzene rings is 1. The lowest BCUT2D eigenvalue weighted by molar-refractivity contribution is -0.204. The molecule has 2 bridgehead atoms. The molecule has 2 unspecified atom stereocenters. The number of phenolic OH excluding ortho intramolecular Hbond substituents is 1. The summed E-state index contributed by atoms with van der Waals surface area (Å²) < 4.78 is 13.0. The fourth-order valence-corrected chi connectivity index (χ4v) is 7.09. The van der Waals surface area contributed by atoms with Gasteiger partial charge in [0.2, 0.25) is 0 Å². The maximum absolute atomic E-state index is 11.9. The summed E-state index contributed by atoms with van der Waals surface area (Å²) >= 11 is 0. The molecule has 3 N–H and O–H groups in total. The lowest BCUT2D eigenvalue weighted by Gasteiger charge is -2.65. The SMILES string of the molecule is CO[C@@]12CC[C@@H](NC(C(=O)O)C(C)C)[C@@H]3Oc4c(O)ccc5c4[C@@]31CCN(C)C2C5. The van der Waals surface area contributed by atoms with Crippen LogP contribution in [0, 0.1) is 5.92 Å². The number of methoxy groups -OCH3 is 1. The number of carboxylic acid groups (broad SMARTS) is 1. The van der Waals surface area contributed by atoms with E-state index in [0.29, 0.717) is 5.75 Å². The van der Waals surface area contributed by atoms with Crippen LogP contribution >= 0.6 is 0 Å². The van der Waals surface area contributed by atoms with Gasteiger partial charge in [-0.3, -0.25) is 10.1 Å². The minimum absolute atomic E-state index is 0.0431. The van der Waals surface area contributed by atoms with Crippen LogP contribution in [0.15, 0.2) is 12.1 Å². The summed E-state index contributed by atoms with van der Waals surface area (Å²) in [6.07, 6.45) is 3.05. The van der Waals surface area contributed by atoms with Gasteiger partial charge in [-0.25, -0.2) is 0 Å². The zero-order valence-corrected chi connectivity index (χ0v) is 18.1. The van der Waals surface area contributed by atoms with Crippen molar-refractivity contribution in [2.75, 3.05) is 20.7 Å². The van der Waals surface area contributed by atoms with Crippen LogP contribution in [-0.2, 0) is 21.4 Å².